The minimum Gasteiger partial charge on any atom is -0.481 e. The number of hydrogen-bond donors (Lipinski definition) is 2. The first-order chi connectivity index (χ1) is 11.8. The van der Waals surface area contributed by atoms with E-state index in [1.165, 1.54) is 0 Å². The Morgan fingerprint density at radius 3 is 2.04 bits per heavy atom. The number of benzene rings is 1. The fourth-order valence-corrected chi connectivity index (χ4v) is 2.94. The largest absolute Gasteiger partial charge is 0.481 e. The minimum absolute atomic E-state index is 0.490. The van der Waals surface area contributed by atoms with Gasteiger partial charge >= 0.3 is 24.3 Å². The van der Waals surface area contributed by atoms with Crippen LogP contribution in [0.4, 0.5) is 26.3 Å². The molecular formula is C16H10F6O4. The summed E-state index contributed by atoms with van der Waals surface area (Å²) in [6.45, 7) is 0. The molecule has 26 heavy (non-hydrogen) atoms. The zero-order chi connectivity index (χ0) is 19.9. The molecule has 1 aromatic rings. The Hall–Kier alpha value is -2.78. The molecule has 0 saturated heterocycles. The van der Waals surface area contributed by atoms with Crippen molar-refractivity contribution in [3.63, 3.8) is 0 Å². The van der Waals surface area contributed by atoms with Crippen molar-refractivity contribution >= 4 is 17.5 Å². The number of alkyl halides is 6. The van der Waals surface area contributed by atoms with Gasteiger partial charge in [0.2, 0.25) is 5.41 Å². The van der Waals surface area contributed by atoms with Crippen LogP contribution < -0.4 is 0 Å². The summed E-state index contributed by atoms with van der Waals surface area (Å²) >= 11 is 0. The molecule has 0 aromatic heterocycles. The summed E-state index contributed by atoms with van der Waals surface area (Å²) in [4.78, 5) is 23.0. The third-order valence-corrected chi connectivity index (χ3v) is 4.03. The third-order valence-electron chi connectivity index (χ3n) is 4.03. The number of halogens is 6. The summed E-state index contributed by atoms with van der Waals surface area (Å²) in [5.41, 5.74) is -7.91. The zero-order valence-electron chi connectivity index (χ0n) is 12.6. The Morgan fingerprint density at radius 1 is 1.00 bits per heavy atom. The minimum atomic E-state index is -5.68. The molecule has 4 nitrogen and oxygen atoms in total. The monoisotopic (exact) mass is 380 g/mol. The number of carboxylic acid groups (broad SMARTS) is 2. The van der Waals surface area contributed by atoms with Crippen LogP contribution in [0, 0.1) is 11.3 Å². The van der Waals surface area contributed by atoms with Gasteiger partial charge in [0, 0.05) is 0 Å². The van der Waals surface area contributed by atoms with Gasteiger partial charge in [-0.2, -0.15) is 26.3 Å². The average Bonchev–Trinajstić information content (AvgIpc) is 2.51. The highest BCUT2D eigenvalue weighted by atomic mass is 19.4. The third kappa shape index (κ3) is 2.85. The van der Waals surface area contributed by atoms with Gasteiger partial charge in [0.05, 0.1) is 5.56 Å². The molecule has 2 unspecified atom stereocenters. The lowest BCUT2D eigenvalue weighted by molar-refractivity contribution is -0.226. The molecule has 0 aliphatic heterocycles. The SMILES string of the molecule is O=C(O)C1C=CC=C(c2ccccc2C(F)(F)F)C1(C(=O)O)C(F)(F)F. The molecule has 2 atom stereocenters. The van der Waals surface area contributed by atoms with Gasteiger partial charge < -0.3 is 10.2 Å². The van der Waals surface area contributed by atoms with Gasteiger partial charge in [-0.25, -0.2) is 0 Å². The van der Waals surface area contributed by atoms with Crippen molar-refractivity contribution in [2.75, 3.05) is 0 Å². The van der Waals surface area contributed by atoms with Crippen molar-refractivity contribution in [2.24, 2.45) is 11.3 Å². The topological polar surface area (TPSA) is 74.6 Å². The second-order valence-corrected chi connectivity index (χ2v) is 5.44. The Morgan fingerprint density at radius 2 is 1.58 bits per heavy atom. The van der Waals surface area contributed by atoms with E-state index in [1.807, 2.05) is 0 Å². The van der Waals surface area contributed by atoms with E-state index in [4.69, 9.17) is 5.11 Å². The van der Waals surface area contributed by atoms with Crippen LogP contribution in [0.15, 0.2) is 42.5 Å². The number of hydrogen-bond acceptors (Lipinski definition) is 2. The smallest absolute Gasteiger partial charge is 0.416 e. The molecule has 0 heterocycles. The van der Waals surface area contributed by atoms with E-state index in [0.29, 0.717) is 24.3 Å². The van der Waals surface area contributed by atoms with Crippen molar-refractivity contribution in [3.05, 3.63) is 53.6 Å². The van der Waals surface area contributed by atoms with E-state index < -0.39 is 52.3 Å². The van der Waals surface area contributed by atoms with Crippen LogP contribution in [0.1, 0.15) is 11.1 Å². The number of aliphatic carboxylic acids is 2. The molecule has 2 rings (SSSR count). The first-order valence-corrected chi connectivity index (χ1v) is 6.93. The van der Waals surface area contributed by atoms with Crippen molar-refractivity contribution in [3.8, 4) is 0 Å². The summed E-state index contributed by atoms with van der Waals surface area (Å²) in [7, 11) is 0. The molecule has 0 saturated carbocycles. The van der Waals surface area contributed by atoms with Gasteiger partial charge in [-0.15, -0.1) is 0 Å². The van der Waals surface area contributed by atoms with Gasteiger partial charge in [-0.1, -0.05) is 36.4 Å². The van der Waals surface area contributed by atoms with E-state index in [0.717, 1.165) is 18.2 Å². The van der Waals surface area contributed by atoms with Gasteiger partial charge in [0.1, 0.15) is 5.92 Å². The molecule has 2 N–H and O–H groups in total. The summed E-state index contributed by atoms with van der Waals surface area (Å²) in [6.07, 6.45) is -8.92. The molecule has 0 fully saturated rings. The molecule has 1 aliphatic rings. The fourth-order valence-electron chi connectivity index (χ4n) is 2.94. The highest BCUT2D eigenvalue weighted by Crippen LogP contribution is 2.56. The summed E-state index contributed by atoms with van der Waals surface area (Å²) < 4.78 is 81.1. The maximum atomic E-state index is 13.8. The van der Waals surface area contributed by atoms with Crippen LogP contribution in [-0.4, -0.2) is 28.3 Å². The second kappa shape index (κ2) is 6.19. The Labute approximate surface area is 142 Å². The molecule has 0 radical (unpaired) electrons. The van der Waals surface area contributed by atoms with E-state index >= 15 is 0 Å². The Kier molecular flexibility index (Phi) is 4.65. The number of carbonyl (C=O) groups is 2. The van der Waals surface area contributed by atoms with E-state index in [2.05, 4.69) is 0 Å². The van der Waals surface area contributed by atoms with E-state index in [1.54, 1.807) is 0 Å². The average molecular weight is 380 g/mol. The quantitative estimate of drug-likeness (QED) is 0.778. The predicted molar refractivity (Wildman–Crippen MR) is 75.8 cm³/mol. The number of allylic oxidation sites excluding steroid dienone is 2. The van der Waals surface area contributed by atoms with E-state index in [-0.39, 0.29) is 0 Å². The van der Waals surface area contributed by atoms with Crippen LogP contribution in [0.25, 0.3) is 5.57 Å². The summed E-state index contributed by atoms with van der Waals surface area (Å²) in [6, 6.07) is 3.10. The molecular weight excluding hydrogens is 370 g/mol. The lowest BCUT2D eigenvalue weighted by Crippen LogP contribution is -2.54. The zero-order valence-corrected chi connectivity index (χ0v) is 12.6. The maximum absolute atomic E-state index is 13.8. The molecule has 0 spiro atoms. The van der Waals surface area contributed by atoms with Crippen LogP contribution in [0.2, 0.25) is 0 Å². The summed E-state index contributed by atoms with van der Waals surface area (Å²) in [5, 5.41) is 18.4. The molecule has 1 aromatic carbocycles. The fraction of sp³-hybridized carbons (Fsp3) is 0.250. The van der Waals surface area contributed by atoms with Gasteiger partial charge in [0.25, 0.3) is 0 Å². The molecule has 10 heteroatoms. The normalized spacial score (nSPS) is 23.5. The van der Waals surface area contributed by atoms with Gasteiger partial charge in [-0.05, 0) is 17.2 Å². The molecule has 1 aliphatic carbocycles. The second-order valence-electron chi connectivity index (χ2n) is 5.44. The van der Waals surface area contributed by atoms with Crippen LogP contribution >= 0.6 is 0 Å². The van der Waals surface area contributed by atoms with Crippen LogP contribution in [0.3, 0.4) is 0 Å². The van der Waals surface area contributed by atoms with Crippen molar-refractivity contribution in [1.82, 2.24) is 0 Å². The van der Waals surface area contributed by atoms with Gasteiger partial charge in [0.15, 0.2) is 0 Å². The maximum Gasteiger partial charge on any atom is 0.416 e. The Bertz CT molecular complexity index is 806. The highest BCUT2D eigenvalue weighted by molar-refractivity contribution is 6.00. The lowest BCUT2D eigenvalue weighted by atomic mass is 9.64. The standard InChI is InChI=1S/C16H10F6O4/c17-15(18,19)10-5-2-1-4-8(10)9-6-3-7-11(12(23)24)14(9,13(25)26)16(20,21)22/h1-7,11H,(H,23,24)(H,25,26). The lowest BCUT2D eigenvalue weighted by Gasteiger charge is -2.39. The van der Waals surface area contributed by atoms with Crippen LogP contribution in [-0.2, 0) is 15.8 Å². The molecule has 140 valence electrons. The van der Waals surface area contributed by atoms with E-state index in [9.17, 15) is 41.0 Å². The molecule has 0 bridgehead atoms. The van der Waals surface area contributed by atoms with Crippen molar-refractivity contribution < 1.29 is 46.1 Å². The number of carboxylic acids is 2. The summed E-state index contributed by atoms with van der Waals surface area (Å²) in [5.74, 6) is -7.37. The molecule has 0 amide bonds. The highest BCUT2D eigenvalue weighted by Gasteiger charge is 2.69. The number of rotatable bonds is 3. The van der Waals surface area contributed by atoms with Gasteiger partial charge in [-0.3, -0.25) is 9.59 Å². The van der Waals surface area contributed by atoms with Crippen molar-refractivity contribution in [2.45, 2.75) is 12.4 Å². The first-order valence-electron chi connectivity index (χ1n) is 6.93. The first kappa shape index (κ1) is 19.5. The van der Waals surface area contributed by atoms with Crippen molar-refractivity contribution in [1.29, 1.82) is 0 Å². The van der Waals surface area contributed by atoms with Crippen LogP contribution in [0.5, 0.6) is 0 Å². The predicted octanol–water partition coefficient (Wildman–Crippen LogP) is 3.99. The Balaban J connectivity index is 2.91.